The van der Waals surface area contributed by atoms with Crippen LogP contribution in [0.25, 0.3) is 32.7 Å². The summed E-state index contributed by atoms with van der Waals surface area (Å²) in [6, 6.07) is 22.9. The van der Waals surface area contributed by atoms with Crippen LogP contribution in [0.15, 0.2) is 72.8 Å². The Hall–Kier alpha value is -2.69. The SMILES string of the molecule is OP(O)O.Oc1ccc2ccccc2c1-c1c(O)ccc2ccccc12. The minimum Gasteiger partial charge on any atom is -0.507 e. The van der Waals surface area contributed by atoms with Gasteiger partial charge in [0.2, 0.25) is 0 Å². The average Bonchev–Trinajstić information content (AvgIpc) is 2.62. The van der Waals surface area contributed by atoms with Crippen molar-refractivity contribution in [3.63, 3.8) is 0 Å². The van der Waals surface area contributed by atoms with Gasteiger partial charge in [-0.3, -0.25) is 0 Å². The number of phenolic OH excluding ortho intramolecular Hbond substituents is 2. The van der Waals surface area contributed by atoms with Gasteiger partial charge in [0.15, 0.2) is 0 Å². The normalized spacial score (nSPS) is 10.8. The summed E-state index contributed by atoms with van der Waals surface area (Å²) in [5.74, 6) is 0.343. The van der Waals surface area contributed by atoms with Crippen molar-refractivity contribution in [3.05, 3.63) is 72.8 Å². The lowest BCUT2D eigenvalue weighted by Gasteiger charge is -2.14. The zero-order valence-electron chi connectivity index (χ0n) is 13.6. The largest absolute Gasteiger partial charge is 0.507 e. The molecule has 0 aliphatic rings. The van der Waals surface area contributed by atoms with Crippen molar-refractivity contribution in [2.45, 2.75) is 0 Å². The molecule has 0 unspecified atom stereocenters. The zero-order chi connectivity index (χ0) is 18.7. The van der Waals surface area contributed by atoms with Gasteiger partial charge < -0.3 is 24.9 Å². The summed E-state index contributed by atoms with van der Waals surface area (Å²) in [5.41, 5.74) is 1.35. The molecule has 6 heteroatoms. The smallest absolute Gasteiger partial charge is 0.324 e. The van der Waals surface area contributed by atoms with Gasteiger partial charge in [-0.1, -0.05) is 60.7 Å². The highest BCUT2D eigenvalue weighted by Gasteiger charge is 2.16. The Morgan fingerprint density at radius 2 is 0.846 bits per heavy atom. The zero-order valence-corrected chi connectivity index (χ0v) is 14.5. The maximum atomic E-state index is 10.4. The first-order valence-electron chi connectivity index (χ1n) is 7.77. The van der Waals surface area contributed by atoms with E-state index in [1.807, 2.05) is 60.7 Å². The van der Waals surface area contributed by atoms with Crippen molar-refractivity contribution in [3.8, 4) is 22.6 Å². The Morgan fingerprint density at radius 3 is 1.23 bits per heavy atom. The Bertz CT molecular complexity index is 976. The molecule has 132 valence electrons. The fraction of sp³-hybridized carbons (Fsp3) is 0. The molecule has 0 aliphatic heterocycles. The number of hydrogen-bond donors (Lipinski definition) is 5. The second kappa shape index (κ2) is 7.68. The highest BCUT2D eigenvalue weighted by atomic mass is 31.2. The van der Waals surface area contributed by atoms with Crippen molar-refractivity contribution in [1.29, 1.82) is 0 Å². The maximum Gasteiger partial charge on any atom is 0.324 e. The van der Waals surface area contributed by atoms with Gasteiger partial charge >= 0.3 is 8.60 Å². The standard InChI is InChI=1S/C20H14O2.H3O3P/c21-17-11-9-13-5-1-3-7-15(13)19(17)20-16-8-4-2-6-14(16)10-12-18(20)22;1-4(2)3/h1-12,21-22H;1-3H. The van der Waals surface area contributed by atoms with Gasteiger partial charge in [-0.15, -0.1) is 0 Å². The minimum atomic E-state index is -2.62. The van der Waals surface area contributed by atoms with Crippen LogP contribution in [0, 0.1) is 0 Å². The molecule has 0 heterocycles. The van der Waals surface area contributed by atoms with E-state index in [4.69, 9.17) is 14.7 Å². The van der Waals surface area contributed by atoms with E-state index in [1.54, 1.807) is 12.1 Å². The monoisotopic (exact) mass is 368 g/mol. The molecule has 0 spiro atoms. The van der Waals surface area contributed by atoms with Gasteiger partial charge in [0.1, 0.15) is 11.5 Å². The maximum absolute atomic E-state index is 10.4. The average molecular weight is 368 g/mol. The van der Waals surface area contributed by atoms with Gasteiger partial charge in [-0.05, 0) is 33.7 Å². The van der Waals surface area contributed by atoms with Crippen LogP contribution in [0.5, 0.6) is 11.5 Å². The van der Waals surface area contributed by atoms with Crippen LogP contribution in [0.3, 0.4) is 0 Å². The molecular formula is C20H17O5P. The molecule has 0 amide bonds. The summed E-state index contributed by atoms with van der Waals surface area (Å²) >= 11 is 0. The number of fused-ring (bicyclic) bond motifs is 2. The molecule has 0 atom stereocenters. The third kappa shape index (κ3) is 3.62. The summed E-state index contributed by atoms with van der Waals surface area (Å²) in [6.45, 7) is 0. The molecule has 0 saturated carbocycles. The highest BCUT2D eigenvalue weighted by molar-refractivity contribution is 7.38. The highest BCUT2D eigenvalue weighted by Crippen LogP contribution is 2.44. The molecule has 5 N–H and O–H groups in total. The summed E-state index contributed by atoms with van der Waals surface area (Å²) in [6.07, 6.45) is 0. The molecule has 26 heavy (non-hydrogen) atoms. The van der Waals surface area contributed by atoms with Crippen LogP contribution in [0.2, 0.25) is 0 Å². The third-order valence-electron chi connectivity index (χ3n) is 4.06. The first-order valence-corrected chi connectivity index (χ1v) is 8.97. The quantitative estimate of drug-likeness (QED) is 0.323. The van der Waals surface area contributed by atoms with E-state index >= 15 is 0 Å². The fourth-order valence-corrected chi connectivity index (χ4v) is 3.05. The van der Waals surface area contributed by atoms with E-state index in [0.717, 1.165) is 21.5 Å². The van der Waals surface area contributed by atoms with Gasteiger partial charge in [0.05, 0.1) is 0 Å². The molecule has 4 aromatic rings. The lowest BCUT2D eigenvalue weighted by Crippen LogP contribution is -1.86. The van der Waals surface area contributed by atoms with Crippen molar-refractivity contribution in [1.82, 2.24) is 0 Å². The molecular weight excluding hydrogens is 351 g/mol. The van der Waals surface area contributed by atoms with Crippen molar-refractivity contribution < 1.29 is 24.9 Å². The molecule has 0 saturated heterocycles. The number of rotatable bonds is 1. The second-order valence-corrected chi connectivity index (χ2v) is 6.17. The molecule has 4 rings (SSSR count). The van der Waals surface area contributed by atoms with E-state index in [1.165, 1.54) is 0 Å². The first kappa shape index (κ1) is 18.1. The van der Waals surface area contributed by atoms with Crippen LogP contribution < -0.4 is 0 Å². The predicted molar refractivity (Wildman–Crippen MR) is 104 cm³/mol. The van der Waals surface area contributed by atoms with Crippen molar-refractivity contribution in [2.24, 2.45) is 0 Å². The topological polar surface area (TPSA) is 101 Å². The summed E-state index contributed by atoms with van der Waals surface area (Å²) in [5, 5.41) is 24.8. The molecule has 0 bridgehead atoms. The van der Waals surface area contributed by atoms with Crippen LogP contribution in [-0.4, -0.2) is 24.9 Å². The van der Waals surface area contributed by atoms with Gasteiger partial charge in [0.25, 0.3) is 0 Å². The summed E-state index contributed by atoms with van der Waals surface area (Å²) < 4.78 is 0. The molecule has 0 aliphatic carbocycles. The van der Waals surface area contributed by atoms with E-state index in [0.29, 0.717) is 11.1 Å². The molecule has 0 radical (unpaired) electrons. The lowest BCUT2D eigenvalue weighted by atomic mass is 9.92. The Labute approximate surface area is 151 Å². The third-order valence-corrected chi connectivity index (χ3v) is 4.06. The lowest BCUT2D eigenvalue weighted by molar-refractivity contribution is 0.368. The summed E-state index contributed by atoms with van der Waals surface area (Å²) in [4.78, 5) is 21.7. The minimum absolute atomic E-state index is 0.172. The molecule has 4 aromatic carbocycles. The number of phenols is 2. The van der Waals surface area contributed by atoms with Crippen molar-refractivity contribution >= 4 is 30.1 Å². The molecule has 0 aromatic heterocycles. The first-order chi connectivity index (χ1) is 12.5. The van der Waals surface area contributed by atoms with E-state index in [-0.39, 0.29) is 11.5 Å². The number of hydrogen-bond acceptors (Lipinski definition) is 5. The summed E-state index contributed by atoms with van der Waals surface area (Å²) in [7, 11) is -2.62. The number of aromatic hydroxyl groups is 2. The molecule has 5 nitrogen and oxygen atoms in total. The van der Waals surface area contributed by atoms with E-state index in [9.17, 15) is 10.2 Å². The Balaban J connectivity index is 0.000000447. The van der Waals surface area contributed by atoms with Gasteiger partial charge in [-0.2, -0.15) is 0 Å². The van der Waals surface area contributed by atoms with E-state index in [2.05, 4.69) is 0 Å². The second-order valence-electron chi connectivity index (χ2n) is 5.63. The van der Waals surface area contributed by atoms with Crippen LogP contribution in [0.1, 0.15) is 0 Å². The van der Waals surface area contributed by atoms with Crippen LogP contribution >= 0.6 is 8.60 Å². The van der Waals surface area contributed by atoms with Gasteiger partial charge in [0, 0.05) is 11.1 Å². The fourth-order valence-electron chi connectivity index (χ4n) is 3.05. The Kier molecular flexibility index (Phi) is 5.35. The Morgan fingerprint density at radius 1 is 0.500 bits per heavy atom. The predicted octanol–water partition coefficient (Wildman–Crippen LogP) is 4.26. The van der Waals surface area contributed by atoms with Crippen LogP contribution in [0.4, 0.5) is 0 Å². The van der Waals surface area contributed by atoms with E-state index < -0.39 is 8.60 Å². The number of benzene rings is 4. The molecule has 0 fully saturated rings. The van der Waals surface area contributed by atoms with Gasteiger partial charge in [-0.25, -0.2) is 0 Å². The van der Waals surface area contributed by atoms with Crippen molar-refractivity contribution in [2.75, 3.05) is 0 Å². The van der Waals surface area contributed by atoms with Crippen LogP contribution in [-0.2, 0) is 0 Å².